The van der Waals surface area contributed by atoms with Crippen molar-refractivity contribution in [3.05, 3.63) is 23.8 Å². The first-order valence-electron chi connectivity index (χ1n) is 6.83. The molecule has 0 aliphatic rings. The second-order valence-electron chi connectivity index (χ2n) is 4.87. The molecule has 2 N–H and O–H groups in total. The van der Waals surface area contributed by atoms with Crippen LogP contribution in [0.1, 0.15) is 23.2 Å². The fraction of sp³-hybridized carbons (Fsp3) is 0.467. The van der Waals surface area contributed by atoms with E-state index in [0.717, 1.165) is 13.0 Å². The molecule has 2 amide bonds. The predicted molar refractivity (Wildman–Crippen MR) is 90.0 cm³/mol. The smallest absolute Gasteiger partial charge is 0.253 e. The van der Waals surface area contributed by atoms with E-state index in [-0.39, 0.29) is 24.2 Å². The van der Waals surface area contributed by atoms with Gasteiger partial charge in [0.25, 0.3) is 5.91 Å². The SMILES string of the molecule is CNCCCC(=O)Nc1cc(C(=O)N(C)C)ccc1OC.Cl. The Bertz CT molecular complexity index is 507. The number of amides is 2. The normalized spacial score (nSPS) is 9.64. The van der Waals surface area contributed by atoms with Gasteiger partial charge in [0.05, 0.1) is 12.8 Å². The molecule has 0 heterocycles. The third-order valence-electron chi connectivity index (χ3n) is 2.96. The largest absolute Gasteiger partial charge is 0.495 e. The molecule has 0 aromatic heterocycles. The maximum absolute atomic E-state index is 12.0. The van der Waals surface area contributed by atoms with Gasteiger partial charge < -0.3 is 20.3 Å². The number of carbonyl (C=O) groups is 2. The van der Waals surface area contributed by atoms with Crippen LogP contribution in [0.15, 0.2) is 18.2 Å². The maximum Gasteiger partial charge on any atom is 0.253 e. The summed E-state index contributed by atoms with van der Waals surface area (Å²) < 4.78 is 5.22. The predicted octanol–water partition coefficient (Wildman–Crippen LogP) is 1.76. The third-order valence-corrected chi connectivity index (χ3v) is 2.96. The van der Waals surface area contributed by atoms with Gasteiger partial charge >= 0.3 is 0 Å². The maximum atomic E-state index is 12.0. The van der Waals surface area contributed by atoms with E-state index in [0.29, 0.717) is 23.4 Å². The molecule has 0 bridgehead atoms. The lowest BCUT2D eigenvalue weighted by atomic mass is 10.1. The lowest BCUT2D eigenvalue weighted by Crippen LogP contribution is -2.22. The van der Waals surface area contributed by atoms with Gasteiger partial charge in [-0.25, -0.2) is 0 Å². The fourth-order valence-electron chi connectivity index (χ4n) is 1.84. The van der Waals surface area contributed by atoms with Crippen molar-refractivity contribution in [2.45, 2.75) is 12.8 Å². The van der Waals surface area contributed by atoms with E-state index in [4.69, 9.17) is 4.74 Å². The molecular formula is C15H24ClN3O3. The molecule has 0 atom stereocenters. The average molecular weight is 330 g/mol. The minimum absolute atomic E-state index is 0. The zero-order valence-corrected chi connectivity index (χ0v) is 14.3. The molecule has 22 heavy (non-hydrogen) atoms. The van der Waals surface area contributed by atoms with E-state index >= 15 is 0 Å². The number of ether oxygens (including phenoxy) is 1. The summed E-state index contributed by atoms with van der Waals surface area (Å²) >= 11 is 0. The lowest BCUT2D eigenvalue weighted by Gasteiger charge is -2.14. The highest BCUT2D eigenvalue weighted by atomic mass is 35.5. The number of hydrogen-bond donors (Lipinski definition) is 2. The molecular weight excluding hydrogens is 306 g/mol. The molecule has 0 saturated heterocycles. The summed E-state index contributed by atoms with van der Waals surface area (Å²) in [4.78, 5) is 25.3. The summed E-state index contributed by atoms with van der Waals surface area (Å²) in [6, 6.07) is 4.99. The Balaban J connectivity index is 0.00000441. The first-order valence-corrected chi connectivity index (χ1v) is 6.83. The first-order chi connectivity index (χ1) is 9.99. The molecule has 6 nitrogen and oxygen atoms in total. The quantitative estimate of drug-likeness (QED) is 0.748. The molecule has 0 fully saturated rings. The van der Waals surface area contributed by atoms with Crippen LogP contribution in [-0.4, -0.2) is 51.5 Å². The van der Waals surface area contributed by atoms with Gasteiger partial charge in [0.15, 0.2) is 0 Å². The van der Waals surface area contributed by atoms with Crippen LogP contribution in [0.5, 0.6) is 5.75 Å². The number of benzene rings is 1. The minimum atomic E-state index is -0.122. The van der Waals surface area contributed by atoms with E-state index < -0.39 is 0 Å². The third kappa shape index (κ3) is 5.91. The topological polar surface area (TPSA) is 70.7 Å². The summed E-state index contributed by atoms with van der Waals surface area (Å²) in [7, 11) is 6.74. The van der Waals surface area contributed by atoms with Crippen molar-refractivity contribution in [2.24, 2.45) is 0 Å². The number of halogens is 1. The Kier molecular flexibility index (Phi) is 9.21. The Morgan fingerprint density at radius 1 is 1.27 bits per heavy atom. The van der Waals surface area contributed by atoms with E-state index in [1.807, 2.05) is 7.05 Å². The molecule has 0 radical (unpaired) electrons. The van der Waals surface area contributed by atoms with Crippen molar-refractivity contribution < 1.29 is 14.3 Å². The van der Waals surface area contributed by atoms with Crippen LogP contribution in [0.2, 0.25) is 0 Å². The van der Waals surface area contributed by atoms with Gasteiger partial charge in [-0.1, -0.05) is 0 Å². The van der Waals surface area contributed by atoms with Gasteiger partial charge in [-0.3, -0.25) is 9.59 Å². The van der Waals surface area contributed by atoms with Crippen LogP contribution in [0, 0.1) is 0 Å². The Morgan fingerprint density at radius 2 is 1.95 bits per heavy atom. The Morgan fingerprint density at radius 3 is 2.50 bits per heavy atom. The van der Waals surface area contributed by atoms with Crippen LogP contribution in [0.4, 0.5) is 5.69 Å². The molecule has 1 rings (SSSR count). The standard InChI is InChI=1S/C15H23N3O3.ClH/c1-16-9-5-6-14(19)17-12-10-11(15(20)18(2)3)7-8-13(12)21-4;/h7-8,10,16H,5-6,9H2,1-4H3,(H,17,19);1H. The molecule has 7 heteroatoms. The van der Waals surface area contributed by atoms with Crippen LogP contribution in [0.3, 0.4) is 0 Å². The van der Waals surface area contributed by atoms with Gasteiger partial charge in [0.2, 0.25) is 5.91 Å². The number of carbonyl (C=O) groups excluding carboxylic acids is 2. The highest BCUT2D eigenvalue weighted by Crippen LogP contribution is 2.26. The second-order valence-corrected chi connectivity index (χ2v) is 4.87. The highest BCUT2D eigenvalue weighted by molar-refractivity contribution is 5.98. The minimum Gasteiger partial charge on any atom is -0.495 e. The second kappa shape index (κ2) is 10.0. The van der Waals surface area contributed by atoms with Crippen molar-refractivity contribution >= 4 is 29.9 Å². The van der Waals surface area contributed by atoms with Crippen LogP contribution < -0.4 is 15.4 Å². The molecule has 1 aromatic rings. The number of anilines is 1. The van der Waals surface area contributed by atoms with E-state index in [1.165, 1.54) is 12.0 Å². The van der Waals surface area contributed by atoms with Crippen molar-refractivity contribution in [3.63, 3.8) is 0 Å². The van der Waals surface area contributed by atoms with Crippen molar-refractivity contribution in [1.29, 1.82) is 0 Å². The average Bonchev–Trinajstić information content (AvgIpc) is 2.46. The fourth-order valence-corrected chi connectivity index (χ4v) is 1.84. The molecule has 0 aliphatic heterocycles. The van der Waals surface area contributed by atoms with Gasteiger partial charge in [0.1, 0.15) is 5.75 Å². The number of hydrogen-bond acceptors (Lipinski definition) is 4. The Hall–Kier alpha value is -1.79. The molecule has 124 valence electrons. The first kappa shape index (κ1) is 20.2. The van der Waals surface area contributed by atoms with E-state index in [9.17, 15) is 9.59 Å². The van der Waals surface area contributed by atoms with Crippen molar-refractivity contribution in [1.82, 2.24) is 10.2 Å². The van der Waals surface area contributed by atoms with Crippen LogP contribution in [0.25, 0.3) is 0 Å². The van der Waals surface area contributed by atoms with E-state index in [1.54, 1.807) is 32.3 Å². The molecule has 1 aromatic carbocycles. The zero-order chi connectivity index (χ0) is 15.8. The number of methoxy groups -OCH3 is 1. The molecule has 0 aliphatic carbocycles. The molecule has 0 saturated carbocycles. The van der Waals surface area contributed by atoms with Gasteiger partial charge in [-0.05, 0) is 38.2 Å². The molecule has 0 spiro atoms. The number of nitrogens with zero attached hydrogens (tertiary/aromatic N) is 1. The zero-order valence-electron chi connectivity index (χ0n) is 13.4. The lowest BCUT2D eigenvalue weighted by molar-refractivity contribution is -0.116. The Labute approximate surface area is 137 Å². The summed E-state index contributed by atoms with van der Waals surface area (Å²) in [6.07, 6.45) is 1.16. The van der Waals surface area contributed by atoms with Gasteiger partial charge in [0, 0.05) is 26.1 Å². The number of nitrogens with one attached hydrogen (secondary N) is 2. The van der Waals surface area contributed by atoms with E-state index in [2.05, 4.69) is 10.6 Å². The van der Waals surface area contributed by atoms with Crippen LogP contribution in [-0.2, 0) is 4.79 Å². The van der Waals surface area contributed by atoms with Crippen LogP contribution >= 0.6 is 12.4 Å². The number of rotatable bonds is 7. The van der Waals surface area contributed by atoms with Crippen molar-refractivity contribution in [3.8, 4) is 5.75 Å². The van der Waals surface area contributed by atoms with Gasteiger partial charge in [-0.15, -0.1) is 12.4 Å². The summed E-state index contributed by atoms with van der Waals surface area (Å²) in [6.45, 7) is 0.781. The van der Waals surface area contributed by atoms with Crippen molar-refractivity contribution in [2.75, 3.05) is 40.1 Å². The summed E-state index contributed by atoms with van der Waals surface area (Å²) in [5, 5.41) is 5.78. The monoisotopic (exact) mass is 329 g/mol. The summed E-state index contributed by atoms with van der Waals surface area (Å²) in [5.74, 6) is 0.314. The van der Waals surface area contributed by atoms with Gasteiger partial charge in [-0.2, -0.15) is 0 Å². The summed E-state index contributed by atoms with van der Waals surface area (Å²) in [5.41, 5.74) is 1.02. The highest BCUT2D eigenvalue weighted by Gasteiger charge is 2.13. The molecule has 0 unspecified atom stereocenters.